The molecule has 0 unspecified atom stereocenters. The van der Waals surface area contributed by atoms with E-state index in [1.807, 2.05) is 24.3 Å². The first-order valence-corrected chi connectivity index (χ1v) is 7.11. The summed E-state index contributed by atoms with van der Waals surface area (Å²) in [5, 5.41) is 0. The van der Waals surface area contributed by atoms with E-state index >= 15 is 0 Å². The highest BCUT2D eigenvalue weighted by Crippen LogP contribution is 2.37. The summed E-state index contributed by atoms with van der Waals surface area (Å²) in [6.07, 6.45) is 0. The van der Waals surface area contributed by atoms with Crippen LogP contribution in [-0.4, -0.2) is 24.2 Å². The van der Waals surface area contributed by atoms with Gasteiger partial charge in [-0.3, -0.25) is 0 Å². The highest BCUT2D eigenvalue weighted by molar-refractivity contribution is 7.71. The first-order chi connectivity index (χ1) is 9.86. The molecule has 112 valence electrons. The fourth-order valence-electron chi connectivity index (χ4n) is 2.06. The molecule has 0 bridgehead atoms. The summed E-state index contributed by atoms with van der Waals surface area (Å²) in [6.45, 7) is 6.26. The standard InChI is InChI=1S/C16H20N2O2S/c1-16(2,3)15-17-10(9-13(21)18-15)14-11(19-4)7-6-8-12(14)20-5/h6-9H,1-5H3,(H,17,18,21). The molecule has 21 heavy (non-hydrogen) atoms. The third kappa shape index (κ3) is 3.24. The second kappa shape index (κ2) is 5.85. The van der Waals surface area contributed by atoms with Gasteiger partial charge in [-0.15, -0.1) is 0 Å². The second-order valence-electron chi connectivity index (χ2n) is 5.77. The average Bonchev–Trinajstić information content (AvgIpc) is 2.44. The number of rotatable bonds is 3. The predicted octanol–water partition coefficient (Wildman–Crippen LogP) is 4.12. The maximum absolute atomic E-state index is 5.45. The minimum Gasteiger partial charge on any atom is -0.496 e. The predicted molar refractivity (Wildman–Crippen MR) is 86.7 cm³/mol. The van der Waals surface area contributed by atoms with Crippen LogP contribution in [0.5, 0.6) is 11.5 Å². The van der Waals surface area contributed by atoms with Crippen LogP contribution < -0.4 is 9.47 Å². The highest BCUT2D eigenvalue weighted by Gasteiger charge is 2.19. The monoisotopic (exact) mass is 304 g/mol. The van der Waals surface area contributed by atoms with Crippen LogP contribution in [0.1, 0.15) is 26.6 Å². The number of hydrogen-bond acceptors (Lipinski definition) is 4. The molecule has 0 spiro atoms. The van der Waals surface area contributed by atoms with Gasteiger partial charge >= 0.3 is 0 Å². The third-order valence-electron chi connectivity index (χ3n) is 3.15. The van der Waals surface area contributed by atoms with Crippen LogP contribution in [0, 0.1) is 4.64 Å². The SMILES string of the molecule is COc1cccc(OC)c1-c1cc(=S)nc(C(C)(C)C)[nH]1. The number of benzene rings is 1. The average molecular weight is 304 g/mol. The summed E-state index contributed by atoms with van der Waals surface area (Å²) in [5.74, 6) is 2.29. The smallest absolute Gasteiger partial charge is 0.131 e. The molecule has 0 amide bonds. The Morgan fingerprint density at radius 1 is 1.10 bits per heavy atom. The molecule has 1 N–H and O–H groups in total. The summed E-state index contributed by atoms with van der Waals surface area (Å²) in [6, 6.07) is 7.50. The molecular formula is C16H20N2O2S. The van der Waals surface area contributed by atoms with E-state index in [-0.39, 0.29) is 5.41 Å². The number of hydrogen-bond donors (Lipinski definition) is 1. The summed E-state index contributed by atoms with van der Waals surface area (Å²) in [7, 11) is 3.28. The van der Waals surface area contributed by atoms with Crippen LogP contribution in [0.25, 0.3) is 11.3 Å². The fourth-order valence-corrected chi connectivity index (χ4v) is 2.27. The van der Waals surface area contributed by atoms with Crippen molar-refractivity contribution in [2.24, 2.45) is 0 Å². The molecule has 0 atom stereocenters. The van der Waals surface area contributed by atoms with Crippen molar-refractivity contribution in [3.05, 3.63) is 34.7 Å². The molecule has 4 nitrogen and oxygen atoms in total. The molecule has 0 radical (unpaired) electrons. The maximum atomic E-state index is 5.45. The number of nitrogens with one attached hydrogen (secondary N) is 1. The van der Waals surface area contributed by atoms with E-state index in [0.29, 0.717) is 4.64 Å². The van der Waals surface area contributed by atoms with Crippen molar-refractivity contribution < 1.29 is 9.47 Å². The van der Waals surface area contributed by atoms with E-state index in [4.69, 9.17) is 21.7 Å². The van der Waals surface area contributed by atoms with Gasteiger partial charge in [-0.25, -0.2) is 4.98 Å². The number of H-pyrrole nitrogens is 1. The van der Waals surface area contributed by atoms with Gasteiger partial charge in [0.15, 0.2) is 0 Å². The van der Waals surface area contributed by atoms with Gasteiger partial charge in [0.05, 0.1) is 25.5 Å². The molecule has 1 heterocycles. The fraction of sp³-hybridized carbons (Fsp3) is 0.375. The molecule has 0 aliphatic heterocycles. The zero-order valence-corrected chi connectivity index (χ0v) is 13.8. The molecule has 1 aromatic heterocycles. The third-order valence-corrected chi connectivity index (χ3v) is 3.36. The normalized spacial score (nSPS) is 11.3. The Morgan fingerprint density at radius 2 is 1.67 bits per heavy atom. The summed E-state index contributed by atoms with van der Waals surface area (Å²) >= 11 is 5.30. The zero-order chi connectivity index (χ0) is 15.6. The van der Waals surface area contributed by atoms with Gasteiger partial charge < -0.3 is 14.5 Å². The van der Waals surface area contributed by atoms with E-state index in [1.54, 1.807) is 14.2 Å². The Bertz CT molecular complexity index is 680. The summed E-state index contributed by atoms with van der Waals surface area (Å²) in [4.78, 5) is 7.77. The lowest BCUT2D eigenvalue weighted by atomic mass is 9.95. The van der Waals surface area contributed by atoms with Crippen molar-refractivity contribution in [1.82, 2.24) is 9.97 Å². The quantitative estimate of drug-likeness (QED) is 0.866. The van der Waals surface area contributed by atoms with Crippen molar-refractivity contribution in [2.75, 3.05) is 14.2 Å². The van der Waals surface area contributed by atoms with Gasteiger partial charge in [0.1, 0.15) is 22.0 Å². The number of nitrogens with zero attached hydrogens (tertiary/aromatic N) is 1. The molecule has 0 aliphatic rings. The van der Waals surface area contributed by atoms with Crippen molar-refractivity contribution in [1.29, 1.82) is 0 Å². The Hall–Kier alpha value is -1.88. The number of ether oxygens (including phenoxy) is 2. The van der Waals surface area contributed by atoms with E-state index < -0.39 is 0 Å². The molecule has 1 aromatic carbocycles. The van der Waals surface area contributed by atoms with Gasteiger partial charge in [0, 0.05) is 5.41 Å². The molecule has 0 saturated heterocycles. The van der Waals surface area contributed by atoms with Crippen molar-refractivity contribution >= 4 is 12.2 Å². The largest absolute Gasteiger partial charge is 0.496 e. The van der Waals surface area contributed by atoms with E-state index in [2.05, 4.69) is 30.7 Å². The first kappa shape index (κ1) is 15.5. The van der Waals surface area contributed by atoms with E-state index in [0.717, 1.165) is 28.6 Å². The lowest BCUT2D eigenvalue weighted by Gasteiger charge is -2.20. The van der Waals surface area contributed by atoms with Crippen LogP contribution in [0.4, 0.5) is 0 Å². The van der Waals surface area contributed by atoms with Gasteiger partial charge in [-0.05, 0) is 18.2 Å². The van der Waals surface area contributed by atoms with Crippen LogP contribution in [0.2, 0.25) is 0 Å². The molecule has 2 rings (SSSR count). The highest BCUT2D eigenvalue weighted by atomic mass is 32.1. The van der Waals surface area contributed by atoms with E-state index in [1.165, 1.54) is 0 Å². The van der Waals surface area contributed by atoms with Crippen molar-refractivity contribution in [2.45, 2.75) is 26.2 Å². The molecule has 0 fully saturated rings. The second-order valence-corrected chi connectivity index (χ2v) is 6.19. The first-order valence-electron chi connectivity index (χ1n) is 6.70. The van der Waals surface area contributed by atoms with Crippen molar-refractivity contribution in [3.63, 3.8) is 0 Å². The van der Waals surface area contributed by atoms with Crippen LogP contribution >= 0.6 is 12.2 Å². The minimum absolute atomic E-state index is 0.126. The topological polar surface area (TPSA) is 47.1 Å². The Labute approximate surface area is 130 Å². The molecule has 0 saturated carbocycles. The molecule has 5 heteroatoms. The summed E-state index contributed by atoms with van der Waals surface area (Å²) in [5.41, 5.74) is 1.56. The Kier molecular flexibility index (Phi) is 4.32. The molecular weight excluding hydrogens is 284 g/mol. The number of aromatic nitrogens is 2. The van der Waals surface area contributed by atoms with Gasteiger partial charge in [0.25, 0.3) is 0 Å². The zero-order valence-electron chi connectivity index (χ0n) is 13.0. The lowest BCUT2D eigenvalue weighted by Crippen LogP contribution is -2.16. The van der Waals surface area contributed by atoms with Gasteiger partial charge in [0.2, 0.25) is 0 Å². The molecule has 0 aliphatic carbocycles. The number of aromatic amines is 1. The van der Waals surface area contributed by atoms with Crippen LogP contribution in [-0.2, 0) is 5.41 Å². The Balaban J connectivity index is 2.73. The summed E-state index contributed by atoms with van der Waals surface area (Å²) < 4.78 is 11.4. The van der Waals surface area contributed by atoms with Gasteiger partial charge in [-0.2, -0.15) is 0 Å². The van der Waals surface area contributed by atoms with Crippen molar-refractivity contribution in [3.8, 4) is 22.8 Å². The maximum Gasteiger partial charge on any atom is 0.131 e. The van der Waals surface area contributed by atoms with Gasteiger partial charge in [-0.1, -0.05) is 39.1 Å². The molecule has 2 aromatic rings. The van der Waals surface area contributed by atoms with E-state index in [9.17, 15) is 0 Å². The van der Waals surface area contributed by atoms with Crippen LogP contribution in [0.15, 0.2) is 24.3 Å². The number of methoxy groups -OCH3 is 2. The Morgan fingerprint density at radius 3 is 2.14 bits per heavy atom. The van der Waals surface area contributed by atoms with Crippen LogP contribution in [0.3, 0.4) is 0 Å². The lowest BCUT2D eigenvalue weighted by molar-refractivity contribution is 0.397. The minimum atomic E-state index is -0.126.